The van der Waals surface area contributed by atoms with Crippen LogP contribution >= 0.6 is 0 Å². The third-order valence-electron chi connectivity index (χ3n) is 5.95. The zero-order valence-corrected chi connectivity index (χ0v) is 17.4. The first kappa shape index (κ1) is 20.8. The van der Waals surface area contributed by atoms with Gasteiger partial charge >= 0.3 is 0 Å². The number of benzene rings is 2. The Hall–Kier alpha value is -3.42. The largest absolute Gasteiger partial charge is 0.370 e. The number of primary amides is 1. The van der Waals surface area contributed by atoms with Crippen LogP contribution in [0.5, 0.6) is 0 Å². The van der Waals surface area contributed by atoms with E-state index in [-0.39, 0.29) is 24.8 Å². The second kappa shape index (κ2) is 8.37. The highest BCUT2D eigenvalue weighted by Crippen LogP contribution is 2.32. The molecule has 0 radical (unpaired) electrons. The monoisotopic (exact) mass is 424 g/mol. The lowest BCUT2D eigenvalue weighted by atomic mass is 10.1. The van der Waals surface area contributed by atoms with Gasteiger partial charge in [-0.05, 0) is 55.7 Å². The van der Waals surface area contributed by atoms with Crippen molar-refractivity contribution in [1.82, 2.24) is 0 Å². The Morgan fingerprint density at radius 3 is 2.55 bits per heavy atom. The summed E-state index contributed by atoms with van der Waals surface area (Å²) in [6.45, 7) is 3.56. The molecule has 2 aliphatic rings. The first-order chi connectivity index (χ1) is 14.8. The van der Waals surface area contributed by atoms with Crippen LogP contribution < -0.4 is 20.9 Å². The standard InChI is InChI=1S/C23H25FN4O3/c1-14-4-6-17(12-18(14)24)28-13-16(11-21(28)29)23(31)26-19-10-15(22(25)30)5-7-20(19)27-8-2-3-9-27/h4-7,10,12,16H,2-3,8-9,11,13H2,1H3,(H2,25,30)(H,26,31)/t16-/m1/s1. The summed E-state index contributed by atoms with van der Waals surface area (Å²) >= 11 is 0. The number of aryl methyl sites for hydroxylation is 1. The minimum Gasteiger partial charge on any atom is -0.370 e. The number of rotatable bonds is 5. The molecular formula is C23H25FN4O3. The number of nitrogens with zero attached hydrogens (tertiary/aromatic N) is 2. The quantitative estimate of drug-likeness (QED) is 0.772. The number of anilines is 3. The second-order valence-corrected chi connectivity index (χ2v) is 8.12. The van der Waals surface area contributed by atoms with Crippen LogP contribution in [-0.4, -0.2) is 37.4 Å². The predicted molar refractivity (Wildman–Crippen MR) is 117 cm³/mol. The third-order valence-corrected chi connectivity index (χ3v) is 5.95. The van der Waals surface area contributed by atoms with E-state index in [0.717, 1.165) is 31.6 Å². The minimum atomic E-state index is -0.583. The van der Waals surface area contributed by atoms with Gasteiger partial charge in [-0.2, -0.15) is 0 Å². The topological polar surface area (TPSA) is 95.7 Å². The molecule has 2 fully saturated rings. The number of amides is 3. The summed E-state index contributed by atoms with van der Waals surface area (Å²) in [5.74, 6) is -2.09. The number of hydrogen-bond donors (Lipinski definition) is 2. The van der Waals surface area contributed by atoms with Crippen molar-refractivity contribution < 1.29 is 18.8 Å². The summed E-state index contributed by atoms with van der Waals surface area (Å²) in [5, 5.41) is 2.90. The number of carbonyl (C=O) groups is 3. The maximum Gasteiger partial charge on any atom is 0.248 e. The van der Waals surface area contributed by atoms with Crippen molar-refractivity contribution in [1.29, 1.82) is 0 Å². The van der Waals surface area contributed by atoms with E-state index >= 15 is 0 Å². The van der Waals surface area contributed by atoms with Crippen molar-refractivity contribution in [2.24, 2.45) is 11.7 Å². The van der Waals surface area contributed by atoms with Gasteiger partial charge in [0.2, 0.25) is 17.7 Å². The number of nitrogens with two attached hydrogens (primary N) is 1. The highest BCUT2D eigenvalue weighted by Gasteiger charge is 2.36. The molecule has 4 rings (SSSR count). The van der Waals surface area contributed by atoms with Crippen LogP contribution in [0, 0.1) is 18.7 Å². The molecule has 0 aromatic heterocycles. The zero-order chi connectivity index (χ0) is 22.1. The molecule has 0 bridgehead atoms. The molecule has 0 saturated carbocycles. The van der Waals surface area contributed by atoms with Crippen molar-refractivity contribution in [2.75, 3.05) is 34.8 Å². The Balaban J connectivity index is 1.54. The normalized spacial score (nSPS) is 18.5. The first-order valence-corrected chi connectivity index (χ1v) is 10.4. The van der Waals surface area contributed by atoms with Crippen molar-refractivity contribution >= 4 is 34.8 Å². The Morgan fingerprint density at radius 2 is 1.87 bits per heavy atom. The van der Waals surface area contributed by atoms with Crippen molar-refractivity contribution in [3.8, 4) is 0 Å². The lowest BCUT2D eigenvalue weighted by molar-refractivity contribution is -0.122. The Morgan fingerprint density at radius 1 is 1.13 bits per heavy atom. The fraction of sp³-hybridized carbons (Fsp3) is 0.348. The van der Waals surface area contributed by atoms with Gasteiger partial charge in [-0.1, -0.05) is 6.07 Å². The van der Waals surface area contributed by atoms with Gasteiger partial charge in [-0.25, -0.2) is 4.39 Å². The summed E-state index contributed by atoms with van der Waals surface area (Å²) in [6, 6.07) is 9.63. The highest BCUT2D eigenvalue weighted by molar-refractivity contribution is 6.05. The molecule has 2 heterocycles. The Bertz CT molecular complexity index is 1050. The molecule has 1 atom stereocenters. The fourth-order valence-corrected chi connectivity index (χ4v) is 4.14. The van der Waals surface area contributed by atoms with Crippen LogP contribution in [-0.2, 0) is 9.59 Å². The van der Waals surface area contributed by atoms with Crippen LogP contribution in [0.2, 0.25) is 0 Å². The molecule has 0 aliphatic carbocycles. The highest BCUT2D eigenvalue weighted by atomic mass is 19.1. The van der Waals surface area contributed by atoms with E-state index in [2.05, 4.69) is 10.2 Å². The Kier molecular flexibility index (Phi) is 5.63. The SMILES string of the molecule is Cc1ccc(N2C[C@H](C(=O)Nc3cc(C(N)=O)ccc3N3CCCC3)CC2=O)cc1F. The average molecular weight is 424 g/mol. The number of halogens is 1. The molecule has 2 aromatic rings. The second-order valence-electron chi connectivity index (χ2n) is 8.12. The molecule has 162 valence electrons. The maximum absolute atomic E-state index is 13.9. The average Bonchev–Trinajstić information content (AvgIpc) is 3.40. The fourth-order valence-electron chi connectivity index (χ4n) is 4.14. The van der Waals surface area contributed by atoms with Gasteiger partial charge in [-0.3, -0.25) is 14.4 Å². The van der Waals surface area contributed by atoms with E-state index < -0.39 is 17.6 Å². The van der Waals surface area contributed by atoms with Crippen LogP contribution in [0.15, 0.2) is 36.4 Å². The van der Waals surface area contributed by atoms with Crippen molar-refractivity contribution in [3.63, 3.8) is 0 Å². The van der Waals surface area contributed by atoms with E-state index in [1.807, 2.05) is 0 Å². The third kappa shape index (κ3) is 4.23. The summed E-state index contributed by atoms with van der Waals surface area (Å²) in [7, 11) is 0. The molecule has 7 nitrogen and oxygen atoms in total. The number of carbonyl (C=O) groups excluding carboxylic acids is 3. The molecule has 3 amide bonds. The van der Waals surface area contributed by atoms with Gasteiger partial charge in [0.25, 0.3) is 0 Å². The molecule has 2 saturated heterocycles. The smallest absolute Gasteiger partial charge is 0.248 e. The summed E-state index contributed by atoms with van der Waals surface area (Å²) in [5.41, 5.74) is 8.00. The minimum absolute atomic E-state index is 0.0376. The van der Waals surface area contributed by atoms with E-state index in [4.69, 9.17) is 5.73 Å². The number of hydrogen-bond acceptors (Lipinski definition) is 4. The van der Waals surface area contributed by atoms with E-state index in [0.29, 0.717) is 22.5 Å². The van der Waals surface area contributed by atoms with Gasteiger partial charge in [-0.15, -0.1) is 0 Å². The van der Waals surface area contributed by atoms with Crippen LogP contribution in [0.25, 0.3) is 0 Å². The molecule has 31 heavy (non-hydrogen) atoms. The number of nitrogens with one attached hydrogen (secondary N) is 1. The maximum atomic E-state index is 13.9. The lowest BCUT2D eigenvalue weighted by Crippen LogP contribution is -2.29. The zero-order valence-electron chi connectivity index (χ0n) is 17.4. The van der Waals surface area contributed by atoms with Gasteiger partial charge < -0.3 is 20.9 Å². The molecule has 2 aliphatic heterocycles. The summed E-state index contributed by atoms with van der Waals surface area (Å²) in [4.78, 5) is 40.7. The Labute approximate surface area is 180 Å². The van der Waals surface area contributed by atoms with Gasteiger partial charge in [0.05, 0.1) is 17.3 Å². The van der Waals surface area contributed by atoms with Crippen molar-refractivity contribution in [2.45, 2.75) is 26.2 Å². The molecule has 0 unspecified atom stereocenters. The van der Waals surface area contributed by atoms with Gasteiger partial charge in [0, 0.05) is 37.3 Å². The first-order valence-electron chi connectivity index (χ1n) is 10.4. The van der Waals surface area contributed by atoms with Crippen LogP contribution in [0.4, 0.5) is 21.5 Å². The van der Waals surface area contributed by atoms with Crippen LogP contribution in [0.1, 0.15) is 35.2 Å². The van der Waals surface area contributed by atoms with Crippen LogP contribution in [0.3, 0.4) is 0 Å². The van der Waals surface area contributed by atoms with E-state index in [9.17, 15) is 18.8 Å². The van der Waals surface area contributed by atoms with Gasteiger partial charge in [0.15, 0.2) is 0 Å². The molecular weight excluding hydrogens is 399 g/mol. The van der Waals surface area contributed by atoms with E-state index in [1.165, 1.54) is 11.0 Å². The molecule has 3 N–H and O–H groups in total. The summed E-state index contributed by atoms with van der Waals surface area (Å²) < 4.78 is 13.9. The predicted octanol–water partition coefficient (Wildman–Crippen LogP) is 2.82. The molecule has 2 aromatic carbocycles. The molecule has 0 spiro atoms. The van der Waals surface area contributed by atoms with E-state index in [1.54, 1.807) is 37.3 Å². The lowest BCUT2D eigenvalue weighted by Gasteiger charge is -2.23. The summed E-state index contributed by atoms with van der Waals surface area (Å²) in [6.07, 6.45) is 2.16. The molecule has 8 heteroatoms. The van der Waals surface area contributed by atoms with Crippen molar-refractivity contribution in [3.05, 3.63) is 53.3 Å². The van der Waals surface area contributed by atoms with Gasteiger partial charge in [0.1, 0.15) is 5.82 Å².